The van der Waals surface area contributed by atoms with Crippen molar-refractivity contribution >= 4 is 28.3 Å². The number of benzene rings is 1. The first-order valence-electron chi connectivity index (χ1n) is 9.69. The van der Waals surface area contributed by atoms with Gasteiger partial charge in [0.25, 0.3) is 0 Å². The molecular weight excluding hydrogens is 371 g/mol. The smallest absolute Gasteiger partial charge is 0.341 e. The van der Waals surface area contributed by atoms with Gasteiger partial charge in [-0.1, -0.05) is 18.2 Å². The number of ether oxygens (including phenoxy) is 1. The first-order chi connectivity index (χ1) is 14.0. The standard InChI is InChI=1S/C22H23FN4O2/c1-4-29-22(28)18-13-24-21-19(14(2)25-26(21)3)20(18)27-11-9-16(10-12-27)15-5-7-17(23)8-6-15/h5-9,13H,4,10-12H2,1-3H3. The molecule has 1 aliphatic rings. The SMILES string of the molecule is CCOC(=O)c1cnc2c(c(C)nn2C)c1N1CC=C(c2ccc(F)cc2)CC1. The van der Waals surface area contributed by atoms with Crippen LogP contribution in [0.4, 0.5) is 10.1 Å². The van der Waals surface area contributed by atoms with Gasteiger partial charge >= 0.3 is 5.97 Å². The Morgan fingerprint density at radius 1 is 1.28 bits per heavy atom. The molecule has 0 saturated heterocycles. The third kappa shape index (κ3) is 3.48. The summed E-state index contributed by atoms with van der Waals surface area (Å²) in [5, 5.41) is 5.36. The van der Waals surface area contributed by atoms with Crippen molar-refractivity contribution in [3.63, 3.8) is 0 Å². The van der Waals surface area contributed by atoms with E-state index in [4.69, 9.17) is 4.74 Å². The third-order valence-corrected chi connectivity index (χ3v) is 5.24. The fraction of sp³-hybridized carbons (Fsp3) is 0.318. The summed E-state index contributed by atoms with van der Waals surface area (Å²) in [4.78, 5) is 19.2. The van der Waals surface area contributed by atoms with Crippen molar-refractivity contribution in [3.05, 3.63) is 59.2 Å². The predicted molar refractivity (Wildman–Crippen MR) is 110 cm³/mol. The van der Waals surface area contributed by atoms with Crippen molar-refractivity contribution < 1.29 is 13.9 Å². The lowest BCUT2D eigenvalue weighted by Gasteiger charge is -2.30. The minimum Gasteiger partial charge on any atom is -0.462 e. The number of aromatic nitrogens is 3. The van der Waals surface area contributed by atoms with Crippen LogP contribution >= 0.6 is 0 Å². The number of carbonyl (C=O) groups is 1. The Morgan fingerprint density at radius 2 is 2.03 bits per heavy atom. The zero-order valence-electron chi connectivity index (χ0n) is 16.8. The van der Waals surface area contributed by atoms with E-state index in [-0.39, 0.29) is 11.8 Å². The van der Waals surface area contributed by atoms with Gasteiger partial charge in [0.1, 0.15) is 11.4 Å². The molecular formula is C22H23FN4O2. The van der Waals surface area contributed by atoms with Gasteiger partial charge in [-0.3, -0.25) is 4.68 Å². The summed E-state index contributed by atoms with van der Waals surface area (Å²) in [5.41, 5.74) is 5.02. The molecule has 1 aliphatic heterocycles. The third-order valence-electron chi connectivity index (χ3n) is 5.24. The average Bonchev–Trinajstić information content (AvgIpc) is 3.02. The number of aryl methyl sites for hydroxylation is 2. The molecule has 3 heterocycles. The number of esters is 1. The molecule has 0 atom stereocenters. The number of halogens is 1. The lowest BCUT2D eigenvalue weighted by Crippen LogP contribution is -2.30. The minimum atomic E-state index is -0.381. The lowest BCUT2D eigenvalue weighted by molar-refractivity contribution is 0.0527. The Balaban J connectivity index is 1.76. The van der Waals surface area contributed by atoms with Crippen molar-refractivity contribution in [2.45, 2.75) is 20.3 Å². The molecule has 2 aromatic heterocycles. The lowest BCUT2D eigenvalue weighted by atomic mass is 9.98. The number of nitrogens with zero attached hydrogens (tertiary/aromatic N) is 4. The van der Waals surface area contributed by atoms with Gasteiger partial charge in [0.15, 0.2) is 5.65 Å². The highest BCUT2D eigenvalue weighted by Crippen LogP contribution is 2.35. The molecule has 7 heteroatoms. The van der Waals surface area contributed by atoms with Gasteiger partial charge < -0.3 is 9.64 Å². The van der Waals surface area contributed by atoms with E-state index >= 15 is 0 Å². The second-order valence-corrected chi connectivity index (χ2v) is 7.08. The molecule has 0 unspecified atom stereocenters. The number of carbonyl (C=O) groups excluding carboxylic acids is 1. The van der Waals surface area contributed by atoms with E-state index in [9.17, 15) is 9.18 Å². The van der Waals surface area contributed by atoms with Crippen molar-refractivity contribution in [1.82, 2.24) is 14.8 Å². The van der Waals surface area contributed by atoms with Gasteiger partial charge in [0.2, 0.25) is 0 Å². The number of fused-ring (bicyclic) bond motifs is 1. The van der Waals surface area contributed by atoms with E-state index in [2.05, 4.69) is 21.1 Å². The molecule has 4 rings (SSSR count). The summed E-state index contributed by atoms with van der Waals surface area (Å²) in [6, 6.07) is 6.56. The van der Waals surface area contributed by atoms with Crippen LogP contribution in [0.25, 0.3) is 16.6 Å². The second-order valence-electron chi connectivity index (χ2n) is 7.08. The summed E-state index contributed by atoms with van der Waals surface area (Å²) < 4.78 is 20.2. The number of rotatable bonds is 4. The van der Waals surface area contributed by atoms with Crippen LogP contribution in [0.15, 0.2) is 36.5 Å². The van der Waals surface area contributed by atoms with E-state index in [0.717, 1.165) is 40.9 Å². The number of hydrogen-bond acceptors (Lipinski definition) is 5. The molecule has 1 aromatic carbocycles. The molecule has 0 saturated carbocycles. The van der Waals surface area contributed by atoms with Gasteiger partial charge in [-0.25, -0.2) is 14.2 Å². The molecule has 0 amide bonds. The molecule has 0 bridgehead atoms. The number of hydrogen-bond donors (Lipinski definition) is 0. The van der Waals surface area contributed by atoms with Gasteiger partial charge in [-0.2, -0.15) is 5.10 Å². The van der Waals surface area contributed by atoms with Crippen LogP contribution in [-0.2, 0) is 11.8 Å². The number of pyridine rings is 1. The van der Waals surface area contributed by atoms with Crippen molar-refractivity contribution in [2.24, 2.45) is 7.05 Å². The van der Waals surface area contributed by atoms with Gasteiger partial charge in [0, 0.05) is 26.3 Å². The van der Waals surface area contributed by atoms with Crippen molar-refractivity contribution in [3.8, 4) is 0 Å². The number of anilines is 1. The largest absolute Gasteiger partial charge is 0.462 e. The maximum Gasteiger partial charge on any atom is 0.341 e. The Kier molecular flexibility index (Phi) is 5.05. The highest BCUT2D eigenvalue weighted by atomic mass is 19.1. The predicted octanol–water partition coefficient (Wildman–Crippen LogP) is 3.89. The van der Waals surface area contributed by atoms with Gasteiger partial charge in [-0.15, -0.1) is 0 Å². The highest BCUT2D eigenvalue weighted by molar-refractivity contribution is 6.05. The van der Waals surface area contributed by atoms with Crippen LogP contribution < -0.4 is 4.90 Å². The molecule has 0 N–H and O–H groups in total. The molecule has 6 nitrogen and oxygen atoms in total. The molecule has 150 valence electrons. The average molecular weight is 394 g/mol. The van der Waals surface area contributed by atoms with Gasteiger partial charge in [0.05, 0.1) is 23.4 Å². The Morgan fingerprint density at radius 3 is 2.69 bits per heavy atom. The first-order valence-corrected chi connectivity index (χ1v) is 9.69. The topological polar surface area (TPSA) is 60.2 Å². The molecule has 0 spiro atoms. The van der Waals surface area contributed by atoms with E-state index in [1.54, 1.807) is 29.9 Å². The molecule has 3 aromatic rings. The molecule has 29 heavy (non-hydrogen) atoms. The maximum atomic E-state index is 13.2. The normalized spacial score (nSPS) is 14.2. The van der Waals surface area contributed by atoms with E-state index in [1.165, 1.54) is 17.7 Å². The van der Waals surface area contributed by atoms with E-state index < -0.39 is 0 Å². The fourth-order valence-corrected chi connectivity index (χ4v) is 3.88. The van der Waals surface area contributed by atoms with Crippen LogP contribution in [0.1, 0.15) is 35.0 Å². The van der Waals surface area contributed by atoms with E-state index in [1.807, 2.05) is 14.0 Å². The van der Waals surface area contributed by atoms with Crippen LogP contribution in [-0.4, -0.2) is 40.4 Å². The summed E-state index contributed by atoms with van der Waals surface area (Å²) in [6.45, 7) is 5.37. The zero-order valence-corrected chi connectivity index (χ0v) is 16.8. The van der Waals surface area contributed by atoms with Crippen LogP contribution in [0.2, 0.25) is 0 Å². The summed E-state index contributed by atoms with van der Waals surface area (Å²) in [5.74, 6) is -0.620. The minimum absolute atomic E-state index is 0.239. The summed E-state index contributed by atoms with van der Waals surface area (Å²) in [6.07, 6.45) is 4.50. The summed E-state index contributed by atoms with van der Waals surface area (Å²) >= 11 is 0. The Bertz CT molecular complexity index is 1100. The van der Waals surface area contributed by atoms with Crippen LogP contribution in [0.3, 0.4) is 0 Å². The van der Waals surface area contributed by atoms with Crippen molar-refractivity contribution in [1.29, 1.82) is 0 Å². The van der Waals surface area contributed by atoms with E-state index in [0.29, 0.717) is 18.7 Å². The molecule has 0 radical (unpaired) electrons. The second kappa shape index (κ2) is 7.66. The Hall–Kier alpha value is -3.22. The maximum absolute atomic E-state index is 13.2. The molecule has 0 fully saturated rings. The Labute approximate surface area is 168 Å². The summed E-state index contributed by atoms with van der Waals surface area (Å²) in [7, 11) is 1.85. The van der Waals surface area contributed by atoms with Crippen LogP contribution in [0, 0.1) is 12.7 Å². The highest BCUT2D eigenvalue weighted by Gasteiger charge is 2.26. The monoisotopic (exact) mass is 394 g/mol. The van der Waals surface area contributed by atoms with Crippen LogP contribution in [0.5, 0.6) is 0 Å². The van der Waals surface area contributed by atoms with Crippen molar-refractivity contribution in [2.75, 3.05) is 24.6 Å². The van der Waals surface area contributed by atoms with Gasteiger partial charge in [-0.05, 0) is 43.5 Å². The fourth-order valence-electron chi connectivity index (χ4n) is 3.88. The first kappa shape index (κ1) is 19.1. The molecule has 0 aliphatic carbocycles. The zero-order chi connectivity index (χ0) is 20.5. The quantitative estimate of drug-likeness (QED) is 0.629.